The average molecular weight is 450 g/mol. The van der Waals surface area contributed by atoms with E-state index in [1.165, 1.54) is 16.9 Å². The van der Waals surface area contributed by atoms with Crippen LogP contribution in [0.25, 0.3) is 21.9 Å². The first-order valence-corrected chi connectivity index (χ1v) is 11.6. The minimum atomic E-state index is -0.200. The lowest BCUT2D eigenvalue weighted by Gasteiger charge is -2.11. The van der Waals surface area contributed by atoms with E-state index in [2.05, 4.69) is 10.3 Å². The molecular weight excluding hydrogens is 422 g/mol. The number of hydrogen-bond acceptors (Lipinski definition) is 5. The van der Waals surface area contributed by atoms with Crippen molar-refractivity contribution in [1.29, 1.82) is 0 Å². The fraction of sp³-hybridized carbons (Fsp3) is 0.333. The molecule has 0 aliphatic rings. The molecule has 7 nitrogen and oxygen atoms in total. The van der Waals surface area contributed by atoms with Gasteiger partial charge in [-0.3, -0.25) is 14.0 Å². The number of amides is 1. The number of carbonyl (C=O) groups is 1. The van der Waals surface area contributed by atoms with Crippen LogP contribution in [-0.4, -0.2) is 31.1 Å². The monoisotopic (exact) mass is 449 g/mol. The van der Waals surface area contributed by atoms with E-state index < -0.39 is 0 Å². The number of carbonyl (C=O) groups excluding carboxylic acids is 1. The molecule has 4 rings (SSSR count). The SMILES string of the molecule is CC[C@H](C)NC(=O)Cc1csc2nc(C)c(-c3cc(C)n(-c4ccc(C)cc4)n3)c(=O)n12. The Morgan fingerprint density at radius 3 is 2.59 bits per heavy atom. The Hall–Kier alpha value is -3.26. The molecule has 1 N–H and O–H groups in total. The third-order valence-electron chi connectivity index (χ3n) is 5.60. The molecular formula is C24H27N5O2S. The summed E-state index contributed by atoms with van der Waals surface area (Å²) in [6, 6.07) is 10.1. The highest BCUT2D eigenvalue weighted by Crippen LogP contribution is 2.23. The van der Waals surface area contributed by atoms with Gasteiger partial charge >= 0.3 is 0 Å². The molecule has 0 bridgehead atoms. The molecule has 0 fully saturated rings. The van der Waals surface area contributed by atoms with Crippen molar-refractivity contribution in [2.45, 2.75) is 53.5 Å². The first kappa shape index (κ1) is 22.0. The van der Waals surface area contributed by atoms with Crippen LogP contribution in [0.2, 0.25) is 0 Å². The molecule has 0 saturated carbocycles. The van der Waals surface area contributed by atoms with Gasteiger partial charge in [0.15, 0.2) is 4.96 Å². The molecule has 3 heterocycles. The second kappa shape index (κ2) is 8.70. The second-order valence-electron chi connectivity index (χ2n) is 8.19. The van der Waals surface area contributed by atoms with Gasteiger partial charge in [-0.15, -0.1) is 11.3 Å². The lowest BCUT2D eigenvalue weighted by Crippen LogP contribution is -2.34. The number of hydrogen-bond donors (Lipinski definition) is 1. The zero-order valence-corrected chi connectivity index (χ0v) is 19.8. The van der Waals surface area contributed by atoms with Gasteiger partial charge in [0.05, 0.1) is 23.4 Å². The van der Waals surface area contributed by atoms with Crippen molar-refractivity contribution in [2.24, 2.45) is 0 Å². The predicted molar refractivity (Wildman–Crippen MR) is 128 cm³/mol. The number of rotatable bonds is 6. The molecule has 3 aromatic heterocycles. The zero-order valence-electron chi connectivity index (χ0n) is 19.0. The van der Waals surface area contributed by atoms with Crippen LogP contribution < -0.4 is 10.9 Å². The van der Waals surface area contributed by atoms with E-state index in [9.17, 15) is 9.59 Å². The number of aromatic nitrogens is 4. The largest absolute Gasteiger partial charge is 0.353 e. The molecule has 1 atom stereocenters. The van der Waals surface area contributed by atoms with Gasteiger partial charge in [0, 0.05) is 22.8 Å². The summed E-state index contributed by atoms with van der Waals surface area (Å²) in [4.78, 5) is 31.2. The normalized spacial score (nSPS) is 12.3. The fourth-order valence-electron chi connectivity index (χ4n) is 3.66. The molecule has 0 radical (unpaired) electrons. The highest BCUT2D eigenvalue weighted by Gasteiger charge is 2.20. The molecule has 166 valence electrons. The van der Waals surface area contributed by atoms with Crippen molar-refractivity contribution in [1.82, 2.24) is 24.5 Å². The maximum atomic E-state index is 13.5. The number of fused-ring (bicyclic) bond motifs is 1. The van der Waals surface area contributed by atoms with Gasteiger partial charge in [-0.05, 0) is 52.3 Å². The number of thiazole rings is 1. The minimum absolute atomic E-state index is 0.0915. The Balaban J connectivity index is 1.77. The molecule has 0 aliphatic heterocycles. The van der Waals surface area contributed by atoms with Crippen LogP contribution in [0.15, 0.2) is 40.5 Å². The molecule has 0 spiro atoms. The molecule has 8 heteroatoms. The van der Waals surface area contributed by atoms with Crippen molar-refractivity contribution in [3.8, 4) is 16.9 Å². The molecule has 1 aromatic carbocycles. The molecule has 0 unspecified atom stereocenters. The lowest BCUT2D eigenvalue weighted by molar-refractivity contribution is -0.121. The maximum absolute atomic E-state index is 13.5. The number of aryl methyl sites for hydroxylation is 3. The topological polar surface area (TPSA) is 81.3 Å². The Morgan fingerprint density at radius 2 is 1.91 bits per heavy atom. The summed E-state index contributed by atoms with van der Waals surface area (Å²) in [5, 5.41) is 9.51. The van der Waals surface area contributed by atoms with Crippen LogP contribution in [0.1, 0.15) is 42.9 Å². The first-order valence-electron chi connectivity index (χ1n) is 10.7. The van der Waals surface area contributed by atoms with Crippen LogP contribution >= 0.6 is 11.3 Å². The van der Waals surface area contributed by atoms with Crippen LogP contribution in [0.3, 0.4) is 0 Å². The van der Waals surface area contributed by atoms with Gasteiger partial charge in [0.1, 0.15) is 5.69 Å². The van der Waals surface area contributed by atoms with E-state index in [-0.39, 0.29) is 23.9 Å². The molecule has 32 heavy (non-hydrogen) atoms. The van der Waals surface area contributed by atoms with Crippen LogP contribution in [0.5, 0.6) is 0 Å². The standard InChI is InChI=1S/C24H27N5O2S/c1-6-15(3)25-21(30)12-19-13-32-24-26-17(5)22(23(31)28(19)24)20-11-16(4)29(27-20)18-9-7-14(2)8-10-18/h7-11,13,15H,6,12H2,1-5H3,(H,25,30)/t15-/m0/s1. The van der Waals surface area contributed by atoms with Gasteiger partial charge in [-0.25, -0.2) is 9.67 Å². The summed E-state index contributed by atoms with van der Waals surface area (Å²) in [5.74, 6) is -0.104. The van der Waals surface area contributed by atoms with Crippen molar-refractivity contribution in [2.75, 3.05) is 0 Å². The average Bonchev–Trinajstić information content (AvgIpc) is 3.32. The zero-order chi connectivity index (χ0) is 23.0. The third kappa shape index (κ3) is 4.10. The first-order chi connectivity index (χ1) is 15.3. The summed E-state index contributed by atoms with van der Waals surface area (Å²) < 4.78 is 3.38. The Kier molecular flexibility index (Phi) is 5.97. The van der Waals surface area contributed by atoms with Crippen LogP contribution in [0.4, 0.5) is 0 Å². The van der Waals surface area contributed by atoms with E-state index in [4.69, 9.17) is 5.10 Å². The Labute approximate surface area is 190 Å². The number of nitrogens with zero attached hydrogens (tertiary/aromatic N) is 4. The third-order valence-corrected chi connectivity index (χ3v) is 6.48. The predicted octanol–water partition coefficient (Wildman–Crippen LogP) is 3.99. The smallest absolute Gasteiger partial charge is 0.268 e. The van der Waals surface area contributed by atoms with E-state index in [0.29, 0.717) is 27.6 Å². The maximum Gasteiger partial charge on any atom is 0.268 e. The van der Waals surface area contributed by atoms with E-state index in [1.807, 2.05) is 75.0 Å². The summed E-state index contributed by atoms with van der Waals surface area (Å²) in [6.07, 6.45) is 0.981. The molecule has 1 amide bonds. The summed E-state index contributed by atoms with van der Waals surface area (Å²) >= 11 is 1.37. The van der Waals surface area contributed by atoms with E-state index >= 15 is 0 Å². The molecule has 4 aromatic rings. The van der Waals surface area contributed by atoms with Gasteiger partial charge in [-0.1, -0.05) is 24.6 Å². The highest BCUT2D eigenvalue weighted by molar-refractivity contribution is 7.15. The van der Waals surface area contributed by atoms with E-state index in [0.717, 1.165) is 17.8 Å². The lowest BCUT2D eigenvalue weighted by atomic mass is 10.1. The number of nitrogens with one attached hydrogen (secondary N) is 1. The molecule has 0 saturated heterocycles. The quantitative estimate of drug-likeness (QED) is 0.483. The molecule has 0 aliphatic carbocycles. The van der Waals surface area contributed by atoms with Crippen molar-refractivity contribution in [3.05, 3.63) is 68.7 Å². The van der Waals surface area contributed by atoms with Gasteiger partial charge in [-0.2, -0.15) is 5.10 Å². The van der Waals surface area contributed by atoms with Crippen molar-refractivity contribution >= 4 is 22.2 Å². The summed E-state index contributed by atoms with van der Waals surface area (Å²) in [7, 11) is 0. The highest BCUT2D eigenvalue weighted by atomic mass is 32.1. The van der Waals surface area contributed by atoms with Crippen LogP contribution in [-0.2, 0) is 11.2 Å². The second-order valence-corrected chi connectivity index (χ2v) is 9.03. The summed E-state index contributed by atoms with van der Waals surface area (Å²) in [6.45, 7) is 9.81. The fourth-order valence-corrected chi connectivity index (χ4v) is 4.59. The Morgan fingerprint density at radius 1 is 1.19 bits per heavy atom. The van der Waals surface area contributed by atoms with Crippen molar-refractivity contribution in [3.63, 3.8) is 0 Å². The Bertz CT molecular complexity index is 1350. The minimum Gasteiger partial charge on any atom is -0.353 e. The van der Waals surface area contributed by atoms with E-state index in [1.54, 1.807) is 4.40 Å². The van der Waals surface area contributed by atoms with Gasteiger partial charge in [0.25, 0.3) is 5.56 Å². The van der Waals surface area contributed by atoms with Gasteiger partial charge in [0.2, 0.25) is 5.91 Å². The van der Waals surface area contributed by atoms with Crippen LogP contribution in [0, 0.1) is 20.8 Å². The van der Waals surface area contributed by atoms with Gasteiger partial charge < -0.3 is 5.32 Å². The summed E-state index contributed by atoms with van der Waals surface area (Å²) in [5.41, 5.74) is 5.13. The number of benzene rings is 1. The van der Waals surface area contributed by atoms with Crippen molar-refractivity contribution < 1.29 is 4.79 Å².